The van der Waals surface area contributed by atoms with Gasteiger partial charge in [-0.15, -0.1) is 18.0 Å². The Morgan fingerprint density at radius 1 is 0.894 bits per heavy atom. The first kappa shape index (κ1) is 33.8. The summed E-state index contributed by atoms with van der Waals surface area (Å²) < 4.78 is 61.8. The molecule has 2 aromatic carbocycles. The summed E-state index contributed by atoms with van der Waals surface area (Å²) in [4.78, 5) is 25.8. The molecule has 2 aromatic rings. The number of carbonyl (C=O) groups is 2. The van der Waals surface area contributed by atoms with Gasteiger partial charge >= 0.3 is 11.9 Å². The fraction of sp³-hybridized carbons (Fsp3) is 0.529. The molecule has 0 radical (unpaired) electrons. The van der Waals surface area contributed by atoms with Crippen molar-refractivity contribution in [3.63, 3.8) is 0 Å². The van der Waals surface area contributed by atoms with Crippen molar-refractivity contribution in [2.24, 2.45) is 0 Å². The summed E-state index contributed by atoms with van der Waals surface area (Å²) in [5.74, 6) is -0.223. The fourth-order valence-electron chi connectivity index (χ4n) is 6.16. The fourth-order valence-corrected chi connectivity index (χ4v) is 6.22. The highest BCUT2D eigenvalue weighted by Crippen LogP contribution is 2.42. The van der Waals surface area contributed by atoms with Crippen LogP contribution in [0.5, 0.6) is 0 Å². The lowest BCUT2D eigenvalue weighted by Gasteiger charge is -2.50. The van der Waals surface area contributed by atoms with Crippen molar-refractivity contribution in [1.29, 1.82) is 0 Å². The van der Waals surface area contributed by atoms with Crippen LogP contribution in [0.2, 0.25) is 0 Å². The van der Waals surface area contributed by atoms with Crippen LogP contribution in [-0.4, -0.2) is 98.2 Å². The number of rotatable bonds is 9. The van der Waals surface area contributed by atoms with E-state index in [9.17, 15) is 9.59 Å². The number of hydrogen-bond acceptors (Lipinski definition) is 12. The lowest BCUT2D eigenvalue weighted by Crippen LogP contribution is -2.66. The van der Waals surface area contributed by atoms with Gasteiger partial charge in [-0.25, -0.2) is 4.79 Å². The molecule has 13 heteroatoms. The third-order valence-electron chi connectivity index (χ3n) is 8.17. The minimum Gasteiger partial charge on any atom is -0.456 e. The van der Waals surface area contributed by atoms with E-state index in [-0.39, 0.29) is 19.1 Å². The van der Waals surface area contributed by atoms with Crippen molar-refractivity contribution in [2.75, 3.05) is 19.1 Å². The summed E-state index contributed by atoms with van der Waals surface area (Å²) in [5, 5.41) is 0. The van der Waals surface area contributed by atoms with Crippen molar-refractivity contribution in [1.82, 2.24) is 0 Å². The molecular weight excluding hydrogens is 636 g/mol. The van der Waals surface area contributed by atoms with Crippen LogP contribution in [0.4, 0.5) is 0 Å². The number of esters is 2. The molecule has 0 saturated carbocycles. The number of ether oxygens (including phenoxy) is 10. The molecule has 4 heterocycles. The van der Waals surface area contributed by atoms with Crippen LogP contribution in [0.3, 0.4) is 0 Å². The van der Waals surface area contributed by atoms with Crippen LogP contribution in [0.25, 0.3) is 0 Å². The van der Waals surface area contributed by atoms with Gasteiger partial charge in [0.2, 0.25) is 0 Å². The number of carbonyl (C=O) groups excluding carboxylic acids is 2. The number of hydrogen-bond donors (Lipinski definition) is 0. The summed E-state index contributed by atoms with van der Waals surface area (Å²) in [5.41, 5.74) is 1.09. The molecule has 47 heavy (non-hydrogen) atoms. The quantitative estimate of drug-likeness (QED) is 0.220. The van der Waals surface area contributed by atoms with Crippen LogP contribution < -0.4 is 0 Å². The topological polar surface area (TPSA) is 126 Å². The summed E-state index contributed by atoms with van der Waals surface area (Å²) in [6.07, 6.45) is -4.50. The Kier molecular flexibility index (Phi) is 10.5. The van der Waals surface area contributed by atoms with Crippen molar-refractivity contribution in [3.05, 3.63) is 71.8 Å². The molecule has 252 valence electrons. The van der Waals surface area contributed by atoms with Crippen LogP contribution >= 0.6 is 11.6 Å². The summed E-state index contributed by atoms with van der Waals surface area (Å²) >= 11 is 5.72. The Balaban J connectivity index is 1.33. The second kappa shape index (κ2) is 14.6. The van der Waals surface area contributed by atoms with Crippen LogP contribution in [0.15, 0.2) is 60.7 Å². The highest BCUT2D eigenvalue weighted by molar-refractivity contribution is 6.26. The van der Waals surface area contributed by atoms with Crippen molar-refractivity contribution >= 4 is 23.5 Å². The molecule has 4 fully saturated rings. The van der Waals surface area contributed by atoms with Gasteiger partial charge in [-0.2, -0.15) is 0 Å². The van der Waals surface area contributed by atoms with Crippen molar-refractivity contribution < 1.29 is 57.0 Å². The SMILES string of the molecule is C#CCO[C@@H]1O[C@@H]2COC(c3ccccc3)O[C@H]2[C@H](OC(=O)c2ccccc2)[C@H]1O[C@@H]1O[C@@H](C)[C@H](OC(=O)CCl)[C@H]2OC(C)(C)O[C@@H]12. The van der Waals surface area contributed by atoms with E-state index in [0.717, 1.165) is 5.56 Å². The molecule has 1 unspecified atom stereocenters. The summed E-state index contributed by atoms with van der Waals surface area (Å²) in [6, 6.07) is 17.9. The smallest absolute Gasteiger partial charge is 0.338 e. The highest BCUT2D eigenvalue weighted by atomic mass is 35.5. The second-order valence-electron chi connectivity index (χ2n) is 11.9. The maximum Gasteiger partial charge on any atom is 0.338 e. The van der Waals surface area contributed by atoms with E-state index in [4.69, 9.17) is 65.4 Å². The molecule has 0 bridgehead atoms. The van der Waals surface area contributed by atoms with Crippen molar-refractivity contribution in [3.8, 4) is 12.3 Å². The first-order chi connectivity index (χ1) is 22.7. The molecule has 4 aliphatic rings. The number of benzene rings is 2. The van der Waals surface area contributed by atoms with E-state index >= 15 is 0 Å². The van der Waals surface area contributed by atoms with E-state index in [1.54, 1.807) is 51.1 Å². The van der Waals surface area contributed by atoms with Crippen LogP contribution in [-0.2, 0) is 52.2 Å². The Bertz CT molecular complexity index is 1420. The maximum atomic E-state index is 13.6. The zero-order valence-electron chi connectivity index (χ0n) is 26.1. The molecule has 4 saturated heterocycles. The minimum atomic E-state index is -1.14. The molecule has 12 nitrogen and oxygen atoms in total. The number of halogens is 1. The van der Waals surface area contributed by atoms with E-state index in [0.29, 0.717) is 5.56 Å². The number of terminal acetylenes is 1. The van der Waals surface area contributed by atoms with Gasteiger partial charge in [0.15, 0.2) is 43.0 Å². The van der Waals surface area contributed by atoms with Gasteiger partial charge in [-0.3, -0.25) is 4.79 Å². The average Bonchev–Trinajstić information content (AvgIpc) is 3.42. The number of fused-ring (bicyclic) bond motifs is 2. The molecule has 11 atom stereocenters. The van der Waals surface area contributed by atoms with Crippen LogP contribution in [0.1, 0.15) is 43.0 Å². The van der Waals surface area contributed by atoms with Gasteiger partial charge in [0.1, 0.15) is 36.9 Å². The normalized spacial score (nSPS) is 35.9. The molecule has 0 amide bonds. The van der Waals surface area contributed by atoms with Gasteiger partial charge in [0.25, 0.3) is 0 Å². The van der Waals surface area contributed by atoms with Gasteiger partial charge in [0, 0.05) is 5.56 Å². The maximum absolute atomic E-state index is 13.6. The van der Waals surface area contributed by atoms with E-state index < -0.39 is 85.4 Å². The zero-order valence-corrected chi connectivity index (χ0v) is 26.9. The Morgan fingerprint density at radius 3 is 2.30 bits per heavy atom. The summed E-state index contributed by atoms with van der Waals surface area (Å²) in [7, 11) is 0. The molecule has 0 N–H and O–H groups in total. The monoisotopic (exact) mass is 672 g/mol. The Hall–Kier alpha value is -3.09. The molecule has 4 aliphatic heterocycles. The Labute approximate surface area is 277 Å². The third kappa shape index (κ3) is 7.49. The first-order valence-electron chi connectivity index (χ1n) is 15.4. The minimum absolute atomic E-state index is 0.104. The molecule has 0 aliphatic carbocycles. The molecule has 0 spiro atoms. The summed E-state index contributed by atoms with van der Waals surface area (Å²) in [6.45, 7) is 5.14. The van der Waals surface area contributed by atoms with Gasteiger partial charge in [0.05, 0.1) is 18.3 Å². The highest BCUT2D eigenvalue weighted by Gasteiger charge is 2.59. The largest absolute Gasteiger partial charge is 0.456 e. The molecule has 6 rings (SSSR count). The van der Waals surface area contributed by atoms with Gasteiger partial charge < -0.3 is 47.4 Å². The van der Waals surface area contributed by atoms with E-state index in [2.05, 4.69) is 5.92 Å². The van der Waals surface area contributed by atoms with E-state index in [1.807, 2.05) is 30.3 Å². The van der Waals surface area contributed by atoms with Crippen molar-refractivity contribution in [2.45, 2.75) is 94.3 Å². The lowest BCUT2D eigenvalue weighted by atomic mass is 9.96. The third-order valence-corrected chi connectivity index (χ3v) is 8.39. The van der Waals surface area contributed by atoms with E-state index in [1.165, 1.54) is 0 Å². The van der Waals surface area contributed by atoms with Gasteiger partial charge in [-0.05, 0) is 32.9 Å². The zero-order chi connectivity index (χ0) is 33.1. The second-order valence-corrected chi connectivity index (χ2v) is 12.2. The molecular formula is C34H37ClO12. The molecule has 0 aromatic heterocycles. The van der Waals surface area contributed by atoms with Crippen LogP contribution in [0, 0.1) is 12.3 Å². The van der Waals surface area contributed by atoms with Gasteiger partial charge in [-0.1, -0.05) is 54.5 Å². The average molecular weight is 673 g/mol. The predicted molar refractivity (Wildman–Crippen MR) is 163 cm³/mol. The lowest BCUT2D eigenvalue weighted by molar-refractivity contribution is -0.387. The first-order valence-corrected chi connectivity index (χ1v) is 15.9. The Morgan fingerprint density at radius 2 is 1.60 bits per heavy atom. The standard InChI is InChI=1S/C34H37ClO12/c1-5-16-38-32-28(45-33-29-27(46-34(3,4)47-29)24(19(2)40-33)42-23(36)17-35)26(43-30(37)20-12-8-6-9-13-20)25-22(41-32)18-39-31(44-25)21-14-10-7-11-15-21/h1,6-15,19,22,24-29,31-33H,16-18H2,2-4H3/t19-,22+,24-,25+,26-,27+,28+,29+,31?,32+,33-/m0/s1. The predicted octanol–water partition coefficient (Wildman–Crippen LogP) is 3.50. The number of alkyl halides is 1.